The normalized spacial score (nSPS) is 18.7. The Labute approximate surface area is 130 Å². The van der Waals surface area contributed by atoms with E-state index < -0.39 is 6.10 Å². The maximum Gasteiger partial charge on any atom is 0.310 e. The maximum atomic E-state index is 12.6. The maximum absolute atomic E-state index is 12.6. The van der Waals surface area contributed by atoms with Crippen molar-refractivity contribution in [2.75, 3.05) is 20.3 Å². The van der Waals surface area contributed by atoms with Crippen molar-refractivity contribution in [1.82, 2.24) is 9.88 Å². The number of amides is 1. The van der Waals surface area contributed by atoms with E-state index in [0.29, 0.717) is 19.7 Å². The minimum Gasteiger partial charge on any atom is -0.469 e. The second-order valence-corrected chi connectivity index (χ2v) is 5.47. The predicted molar refractivity (Wildman–Crippen MR) is 79.8 cm³/mol. The minimum atomic E-state index is -0.409. The van der Waals surface area contributed by atoms with E-state index in [2.05, 4.69) is 4.98 Å². The highest BCUT2D eigenvalue weighted by molar-refractivity contribution is 5.82. The van der Waals surface area contributed by atoms with Gasteiger partial charge in [0.25, 0.3) is 5.91 Å². The summed E-state index contributed by atoms with van der Waals surface area (Å²) in [6, 6.07) is 5.56. The third-order valence-electron chi connectivity index (χ3n) is 3.69. The summed E-state index contributed by atoms with van der Waals surface area (Å²) in [5, 5.41) is 0. The van der Waals surface area contributed by atoms with Gasteiger partial charge in [-0.1, -0.05) is 13.0 Å². The molecule has 0 aromatic carbocycles. The molecule has 120 valence electrons. The summed E-state index contributed by atoms with van der Waals surface area (Å²) in [6.07, 6.45) is 2.90. The molecule has 0 bridgehead atoms. The summed E-state index contributed by atoms with van der Waals surface area (Å²) in [6.45, 7) is 3.02. The van der Waals surface area contributed by atoms with Gasteiger partial charge < -0.3 is 14.4 Å². The minimum absolute atomic E-state index is 0.0843. The fraction of sp³-hybridized carbons (Fsp3) is 0.562. The number of methoxy groups -OCH3 is 1. The third kappa shape index (κ3) is 4.27. The molecule has 22 heavy (non-hydrogen) atoms. The SMILES string of the molecule is COC(=O)C(C)CN(Cc1ccccn1)C(=O)C1CCCO1. The van der Waals surface area contributed by atoms with Gasteiger partial charge in [0.15, 0.2) is 0 Å². The molecule has 2 unspecified atom stereocenters. The quantitative estimate of drug-likeness (QED) is 0.743. The molecule has 0 N–H and O–H groups in total. The van der Waals surface area contributed by atoms with Gasteiger partial charge in [-0.15, -0.1) is 0 Å². The van der Waals surface area contributed by atoms with Crippen LogP contribution in [0.5, 0.6) is 0 Å². The number of rotatable bonds is 6. The molecule has 1 aliphatic heterocycles. The Morgan fingerprint density at radius 1 is 1.50 bits per heavy atom. The van der Waals surface area contributed by atoms with Crippen LogP contribution in [0.1, 0.15) is 25.5 Å². The molecule has 1 fully saturated rings. The molecular weight excluding hydrogens is 284 g/mol. The molecule has 0 spiro atoms. The van der Waals surface area contributed by atoms with E-state index in [1.54, 1.807) is 18.0 Å². The van der Waals surface area contributed by atoms with Crippen molar-refractivity contribution in [3.8, 4) is 0 Å². The van der Waals surface area contributed by atoms with Gasteiger partial charge in [-0.05, 0) is 25.0 Å². The molecule has 6 heteroatoms. The summed E-state index contributed by atoms with van der Waals surface area (Å²) in [5.74, 6) is -0.802. The summed E-state index contributed by atoms with van der Waals surface area (Å²) in [7, 11) is 1.35. The zero-order valence-corrected chi connectivity index (χ0v) is 13.0. The molecule has 6 nitrogen and oxygen atoms in total. The van der Waals surface area contributed by atoms with Gasteiger partial charge in [0.1, 0.15) is 6.10 Å². The first kappa shape index (κ1) is 16.4. The van der Waals surface area contributed by atoms with Crippen molar-refractivity contribution in [2.45, 2.75) is 32.4 Å². The van der Waals surface area contributed by atoms with Crippen molar-refractivity contribution in [2.24, 2.45) is 5.92 Å². The average Bonchev–Trinajstić information content (AvgIpc) is 3.08. The molecule has 1 saturated heterocycles. The molecule has 0 saturated carbocycles. The third-order valence-corrected chi connectivity index (χ3v) is 3.69. The number of pyridine rings is 1. The molecule has 0 aliphatic carbocycles. The smallest absolute Gasteiger partial charge is 0.310 e. The first-order valence-corrected chi connectivity index (χ1v) is 7.50. The number of carbonyl (C=O) groups excluding carboxylic acids is 2. The van der Waals surface area contributed by atoms with Gasteiger partial charge in [0.2, 0.25) is 0 Å². The zero-order chi connectivity index (χ0) is 15.9. The monoisotopic (exact) mass is 306 g/mol. The van der Waals surface area contributed by atoms with Gasteiger partial charge >= 0.3 is 5.97 Å². The van der Waals surface area contributed by atoms with Crippen LogP contribution in [0, 0.1) is 5.92 Å². The van der Waals surface area contributed by atoms with Crippen LogP contribution < -0.4 is 0 Å². The molecular formula is C16H22N2O4. The Morgan fingerprint density at radius 2 is 2.32 bits per heavy atom. The molecule has 1 aromatic rings. The Hall–Kier alpha value is -1.95. The van der Waals surface area contributed by atoms with Gasteiger partial charge in [0.05, 0.1) is 25.3 Å². The zero-order valence-electron chi connectivity index (χ0n) is 13.0. The van der Waals surface area contributed by atoms with Crippen LogP contribution in [0.15, 0.2) is 24.4 Å². The number of nitrogens with zero attached hydrogens (tertiary/aromatic N) is 2. The van der Waals surface area contributed by atoms with Gasteiger partial charge in [-0.3, -0.25) is 14.6 Å². The second-order valence-electron chi connectivity index (χ2n) is 5.47. The van der Waals surface area contributed by atoms with E-state index in [1.165, 1.54) is 7.11 Å². The second kappa shape index (κ2) is 7.89. The lowest BCUT2D eigenvalue weighted by molar-refractivity contribution is -0.148. The van der Waals surface area contributed by atoms with Crippen molar-refractivity contribution >= 4 is 11.9 Å². The van der Waals surface area contributed by atoms with Crippen LogP contribution in [0.3, 0.4) is 0 Å². The number of aromatic nitrogens is 1. The van der Waals surface area contributed by atoms with Crippen molar-refractivity contribution in [3.63, 3.8) is 0 Å². The summed E-state index contributed by atoms with van der Waals surface area (Å²) < 4.78 is 10.2. The molecule has 1 amide bonds. The van der Waals surface area contributed by atoms with Crippen LogP contribution in [-0.4, -0.2) is 48.1 Å². The Bertz CT molecular complexity index is 500. The average molecular weight is 306 g/mol. The largest absolute Gasteiger partial charge is 0.469 e. The lowest BCUT2D eigenvalue weighted by Crippen LogP contribution is -2.42. The molecule has 2 rings (SSSR count). The van der Waals surface area contributed by atoms with Gasteiger partial charge in [-0.25, -0.2) is 0 Å². The van der Waals surface area contributed by atoms with E-state index in [-0.39, 0.29) is 17.8 Å². The van der Waals surface area contributed by atoms with E-state index in [9.17, 15) is 9.59 Å². The highest BCUT2D eigenvalue weighted by atomic mass is 16.5. The van der Waals surface area contributed by atoms with Crippen LogP contribution in [0.25, 0.3) is 0 Å². The van der Waals surface area contributed by atoms with Crippen LogP contribution in [0.4, 0.5) is 0 Å². The highest BCUT2D eigenvalue weighted by Gasteiger charge is 2.30. The summed E-state index contributed by atoms with van der Waals surface area (Å²) in [5.41, 5.74) is 0.783. The summed E-state index contributed by atoms with van der Waals surface area (Å²) >= 11 is 0. The standard InChI is InChI=1S/C16H22N2O4/c1-12(16(20)21-2)10-18(11-13-6-3-4-8-17-13)15(19)14-7-5-9-22-14/h3-4,6,8,12,14H,5,7,9-11H2,1-2H3. The van der Waals surface area contributed by atoms with E-state index >= 15 is 0 Å². The number of ether oxygens (including phenoxy) is 2. The molecule has 1 aliphatic rings. The molecule has 2 heterocycles. The van der Waals surface area contributed by atoms with Crippen LogP contribution in [-0.2, 0) is 25.6 Å². The molecule has 2 atom stereocenters. The Kier molecular flexibility index (Phi) is 5.89. The Morgan fingerprint density at radius 3 is 2.91 bits per heavy atom. The Balaban J connectivity index is 2.08. The molecule has 0 radical (unpaired) electrons. The van der Waals surface area contributed by atoms with E-state index in [4.69, 9.17) is 9.47 Å². The predicted octanol–water partition coefficient (Wildman–Crippen LogP) is 1.40. The van der Waals surface area contributed by atoms with Crippen LogP contribution >= 0.6 is 0 Å². The first-order chi connectivity index (χ1) is 10.6. The fourth-order valence-corrected chi connectivity index (χ4v) is 2.50. The van der Waals surface area contributed by atoms with E-state index in [0.717, 1.165) is 18.5 Å². The number of carbonyl (C=O) groups is 2. The van der Waals surface area contributed by atoms with Crippen molar-refractivity contribution in [3.05, 3.63) is 30.1 Å². The van der Waals surface area contributed by atoms with Gasteiger partial charge in [0, 0.05) is 19.3 Å². The first-order valence-electron chi connectivity index (χ1n) is 7.50. The number of hydrogen-bond acceptors (Lipinski definition) is 5. The topological polar surface area (TPSA) is 68.7 Å². The highest BCUT2D eigenvalue weighted by Crippen LogP contribution is 2.17. The van der Waals surface area contributed by atoms with Crippen molar-refractivity contribution < 1.29 is 19.1 Å². The lowest BCUT2D eigenvalue weighted by Gasteiger charge is -2.27. The summed E-state index contributed by atoms with van der Waals surface area (Å²) in [4.78, 5) is 30.1. The number of esters is 1. The fourth-order valence-electron chi connectivity index (χ4n) is 2.50. The number of hydrogen-bond donors (Lipinski definition) is 0. The van der Waals surface area contributed by atoms with Gasteiger partial charge in [-0.2, -0.15) is 0 Å². The van der Waals surface area contributed by atoms with Crippen molar-refractivity contribution in [1.29, 1.82) is 0 Å². The molecule has 1 aromatic heterocycles. The van der Waals surface area contributed by atoms with E-state index in [1.807, 2.05) is 18.2 Å². The lowest BCUT2D eigenvalue weighted by atomic mass is 10.1. The van der Waals surface area contributed by atoms with Crippen LogP contribution in [0.2, 0.25) is 0 Å².